The summed E-state index contributed by atoms with van der Waals surface area (Å²) in [7, 11) is 0. The van der Waals surface area contributed by atoms with Gasteiger partial charge in [-0.3, -0.25) is 10.1 Å². The molecule has 1 amide bonds. The zero-order valence-corrected chi connectivity index (χ0v) is 12.2. The third-order valence-electron chi connectivity index (χ3n) is 3.87. The quantitative estimate of drug-likeness (QED) is 0.749. The van der Waals surface area contributed by atoms with Crippen LogP contribution in [0.2, 0.25) is 0 Å². The predicted octanol–water partition coefficient (Wildman–Crippen LogP) is 1.58. The molecule has 1 aliphatic rings. The molecule has 0 unspecified atom stereocenters. The Bertz CT molecular complexity index is 658. The molecule has 0 radical (unpaired) electrons. The number of nitrogens with one attached hydrogen (secondary N) is 2. The lowest BCUT2D eigenvalue weighted by molar-refractivity contribution is -0.126. The van der Waals surface area contributed by atoms with Gasteiger partial charge in [-0.2, -0.15) is 0 Å². The standard InChI is InChI=1S/C14H16N4O2S/c15-11(21)14(5-7-20-8-6-14)12(19)18-13-16-9-3-1-2-4-10(9)17-13/h1-4H,5-8H2,(H2,15,21)(H2,16,17,18,19). The van der Waals surface area contributed by atoms with Gasteiger partial charge in [0.2, 0.25) is 11.9 Å². The molecule has 2 aromatic rings. The molecule has 0 saturated carbocycles. The number of fused-ring (bicyclic) bond motifs is 1. The number of hydrogen-bond acceptors (Lipinski definition) is 4. The van der Waals surface area contributed by atoms with E-state index in [1.165, 1.54) is 0 Å². The van der Waals surface area contributed by atoms with Crippen LogP contribution in [0.1, 0.15) is 12.8 Å². The summed E-state index contributed by atoms with van der Waals surface area (Å²) in [5.41, 5.74) is 6.62. The number of benzene rings is 1. The smallest absolute Gasteiger partial charge is 0.239 e. The lowest BCUT2D eigenvalue weighted by Crippen LogP contribution is -2.49. The average molecular weight is 304 g/mol. The summed E-state index contributed by atoms with van der Waals surface area (Å²) in [6.07, 6.45) is 0.989. The lowest BCUT2D eigenvalue weighted by atomic mass is 9.79. The van der Waals surface area contributed by atoms with Gasteiger partial charge in [0.25, 0.3) is 0 Å². The highest BCUT2D eigenvalue weighted by Gasteiger charge is 2.43. The molecular weight excluding hydrogens is 288 g/mol. The molecule has 7 heteroatoms. The second-order valence-corrected chi connectivity index (χ2v) is 5.56. The van der Waals surface area contributed by atoms with Gasteiger partial charge in [0, 0.05) is 13.2 Å². The van der Waals surface area contributed by atoms with E-state index in [1.54, 1.807) is 0 Å². The van der Waals surface area contributed by atoms with Crippen molar-refractivity contribution < 1.29 is 9.53 Å². The Morgan fingerprint density at radius 1 is 1.38 bits per heavy atom. The zero-order valence-electron chi connectivity index (χ0n) is 11.4. The van der Waals surface area contributed by atoms with Crippen LogP contribution in [0.15, 0.2) is 24.3 Å². The van der Waals surface area contributed by atoms with Crippen LogP contribution in [0.4, 0.5) is 5.95 Å². The maximum absolute atomic E-state index is 12.6. The van der Waals surface area contributed by atoms with Gasteiger partial charge in [-0.1, -0.05) is 24.4 Å². The summed E-state index contributed by atoms with van der Waals surface area (Å²) in [6.45, 7) is 0.954. The molecule has 1 aromatic carbocycles. The number of ether oxygens (including phenoxy) is 1. The molecule has 0 aliphatic carbocycles. The fourth-order valence-electron chi connectivity index (χ4n) is 2.54. The Hall–Kier alpha value is -1.99. The monoisotopic (exact) mass is 304 g/mol. The van der Waals surface area contributed by atoms with Crippen LogP contribution in [-0.2, 0) is 9.53 Å². The maximum Gasteiger partial charge on any atom is 0.239 e. The normalized spacial score (nSPS) is 17.5. The van der Waals surface area contributed by atoms with E-state index in [-0.39, 0.29) is 10.9 Å². The molecule has 0 atom stereocenters. The van der Waals surface area contributed by atoms with Crippen molar-refractivity contribution in [2.45, 2.75) is 12.8 Å². The van der Waals surface area contributed by atoms with Crippen molar-refractivity contribution in [3.05, 3.63) is 24.3 Å². The highest BCUT2D eigenvalue weighted by molar-refractivity contribution is 7.80. The highest BCUT2D eigenvalue weighted by Crippen LogP contribution is 2.32. The van der Waals surface area contributed by atoms with E-state index in [2.05, 4.69) is 15.3 Å². The third kappa shape index (κ3) is 2.50. The number of rotatable bonds is 3. The summed E-state index contributed by atoms with van der Waals surface area (Å²) in [5.74, 6) is 0.181. The Kier molecular flexibility index (Phi) is 3.60. The fraction of sp³-hybridized carbons (Fsp3) is 0.357. The lowest BCUT2D eigenvalue weighted by Gasteiger charge is -2.34. The first-order valence-corrected chi connectivity index (χ1v) is 7.16. The van der Waals surface area contributed by atoms with Gasteiger partial charge in [-0.05, 0) is 25.0 Å². The van der Waals surface area contributed by atoms with Crippen molar-refractivity contribution in [1.82, 2.24) is 9.97 Å². The van der Waals surface area contributed by atoms with Crippen LogP contribution in [0.25, 0.3) is 11.0 Å². The van der Waals surface area contributed by atoms with E-state index < -0.39 is 5.41 Å². The number of imidazole rings is 1. The summed E-state index contributed by atoms with van der Waals surface area (Å²) >= 11 is 5.12. The topological polar surface area (TPSA) is 93.0 Å². The first kappa shape index (κ1) is 14.0. The van der Waals surface area contributed by atoms with Crippen LogP contribution in [0.3, 0.4) is 0 Å². The maximum atomic E-state index is 12.6. The molecule has 3 rings (SSSR count). The summed E-state index contributed by atoms with van der Waals surface area (Å²) < 4.78 is 5.30. The third-order valence-corrected chi connectivity index (χ3v) is 4.26. The van der Waals surface area contributed by atoms with Crippen LogP contribution in [0.5, 0.6) is 0 Å². The predicted molar refractivity (Wildman–Crippen MR) is 84.0 cm³/mol. The van der Waals surface area contributed by atoms with E-state index in [9.17, 15) is 4.79 Å². The van der Waals surface area contributed by atoms with Crippen LogP contribution in [-0.4, -0.2) is 34.1 Å². The second-order valence-electron chi connectivity index (χ2n) is 5.12. The van der Waals surface area contributed by atoms with Crippen LogP contribution >= 0.6 is 12.2 Å². The minimum absolute atomic E-state index is 0.208. The molecule has 1 aliphatic heterocycles. The van der Waals surface area contributed by atoms with Crippen molar-refractivity contribution in [3.8, 4) is 0 Å². The van der Waals surface area contributed by atoms with Gasteiger partial charge in [0.05, 0.1) is 16.0 Å². The molecule has 21 heavy (non-hydrogen) atoms. The van der Waals surface area contributed by atoms with E-state index >= 15 is 0 Å². The molecular formula is C14H16N4O2S. The van der Waals surface area contributed by atoms with Gasteiger partial charge in [0.15, 0.2) is 0 Å². The minimum Gasteiger partial charge on any atom is -0.392 e. The Morgan fingerprint density at radius 3 is 2.76 bits per heavy atom. The van der Waals surface area contributed by atoms with Crippen LogP contribution in [0, 0.1) is 5.41 Å². The highest BCUT2D eigenvalue weighted by atomic mass is 32.1. The number of nitrogens with zero attached hydrogens (tertiary/aromatic N) is 1. The molecule has 0 spiro atoms. The number of aromatic amines is 1. The minimum atomic E-state index is -0.855. The number of carbonyl (C=O) groups excluding carboxylic acids is 1. The molecule has 6 nitrogen and oxygen atoms in total. The van der Waals surface area contributed by atoms with Gasteiger partial charge in [0.1, 0.15) is 5.41 Å². The van der Waals surface area contributed by atoms with E-state index in [4.69, 9.17) is 22.7 Å². The van der Waals surface area contributed by atoms with Gasteiger partial charge in [-0.15, -0.1) is 0 Å². The number of hydrogen-bond donors (Lipinski definition) is 3. The average Bonchev–Trinajstić information content (AvgIpc) is 2.89. The molecule has 4 N–H and O–H groups in total. The van der Waals surface area contributed by atoms with Gasteiger partial charge < -0.3 is 15.5 Å². The Labute approximate surface area is 127 Å². The number of amides is 1. The van der Waals surface area contributed by atoms with Crippen molar-refractivity contribution in [2.75, 3.05) is 18.5 Å². The van der Waals surface area contributed by atoms with Crippen molar-refractivity contribution in [2.24, 2.45) is 11.1 Å². The summed E-state index contributed by atoms with van der Waals surface area (Å²) in [4.78, 5) is 20.2. The molecule has 1 aromatic heterocycles. The Morgan fingerprint density at radius 2 is 2.10 bits per heavy atom. The van der Waals surface area contributed by atoms with E-state index in [0.29, 0.717) is 32.0 Å². The number of aromatic nitrogens is 2. The Balaban J connectivity index is 1.85. The molecule has 1 fully saturated rings. The van der Waals surface area contributed by atoms with Crippen molar-refractivity contribution in [1.29, 1.82) is 0 Å². The van der Waals surface area contributed by atoms with Crippen LogP contribution < -0.4 is 11.1 Å². The number of nitrogens with two attached hydrogens (primary N) is 1. The largest absolute Gasteiger partial charge is 0.392 e. The molecule has 0 bridgehead atoms. The van der Waals surface area contributed by atoms with E-state index in [0.717, 1.165) is 11.0 Å². The summed E-state index contributed by atoms with van der Waals surface area (Å²) in [6, 6.07) is 7.57. The summed E-state index contributed by atoms with van der Waals surface area (Å²) in [5, 5.41) is 2.79. The molecule has 2 heterocycles. The van der Waals surface area contributed by atoms with Crippen molar-refractivity contribution >= 4 is 40.1 Å². The first-order chi connectivity index (χ1) is 10.1. The fourth-order valence-corrected chi connectivity index (χ4v) is 2.84. The molecule has 1 saturated heterocycles. The first-order valence-electron chi connectivity index (χ1n) is 6.76. The van der Waals surface area contributed by atoms with Gasteiger partial charge >= 0.3 is 0 Å². The van der Waals surface area contributed by atoms with Crippen molar-refractivity contribution in [3.63, 3.8) is 0 Å². The molecule has 110 valence electrons. The zero-order chi connectivity index (χ0) is 14.9. The second kappa shape index (κ2) is 5.42. The number of thiocarbonyl (C=S) groups is 1. The number of anilines is 1. The SMILES string of the molecule is NC(=S)C1(C(=O)Nc2nc3ccccc3[nH]2)CCOCC1. The number of carbonyl (C=O) groups is 1. The number of H-pyrrole nitrogens is 1. The van der Waals surface area contributed by atoms with E-state index in [1.807, 2.05) is 24.3 Å². The van der Waals surface area contributed by atoms with Gasteiger partial charge in [-0.25, -0.2) is 4.98 Å². The number of para-hydroxylation sites is 2.